The van der Waals surface area contributed by atoms with Gasteiger partial charge in [-0.15, -0.1) is 0 Å². The summed E-state index contributed by atoms with van der Waals surface area (Å²) in [6, 6.07) is 0. The summed E-state index contributed by atoms with van der Waals surface area (Å²) in [5, 5.41) is 9.12. The maximum atomic E-state index is 9.12. The van der Waals surface area contributed by atoms with Crippen molar-refractivity contribution in [3.63, 3.8) is 0 Å². The van der Waals surface area contributed by atoms with Crippen LogP contribution in [-0.4, -0.2) is 37.1 Å². The molecule has 4 atom stereocenters. The Morgan fingerprint density at radius 3 is 2.62 bits per heavy atom. The van der Waals surface area contributed by atoms with E-state index in [0.717, 1.165) is 6.61 Å². The van der Waals surface area contributed by atoms with Gasteiger partial charge in [0.25, 0.3) is 0 Å². The summed E-state index contributed by atoms with van der Waals surface area (Å²) in [6.07, 6.45) is -0.0788. The molecule has 0 aromatic heterocycles. The molecule has 3 heteroatoms. The lowest BCUT2D eigenvalue weighted by atomic mass is 9.92. The summed E-state index contributed by atoms with van der Waals surface area (Å²) in [5.41, 5.74) is 0. The highest BCUT2D eigenvalue weighted by atomic mass is 16.5. The largest absolute Gasteiger partial charge is 0.394 e. The fraction of sp³-hybridized carbons (Fsp3) is 1.00. The zero-order valence-electron chi connectivity index (χ0n) is 8.69. The second-order valence-electron chi connectivity index (χ2n) is 3.81. The SMILES string of the molecule is CCOC(CO)C1OCC(C)C1C. The molecule has 13 heavy (non-hydrogen) atoms. The molecule has 0 amide bonds. The Bertz CT molecular complexity index is 149. The Morgan fingerprint density at radius 2 is 2.23 bits per heavy atom. The van der Waals surface area contributed by atoms with Gasteiger partial charge >= 0.3 is 0 Å². The van der Waals surface area contributed by atoms with Gasteiger partial charge in [-0.1, -0.05) is 13.8 Å². The Morgan fingerprint density at radius 1 is 1.54 bits per heavy atom. The van der Waals surface area contributed by atoms with E-state index >= 15 is 0 Å². The zero-order chi connectivity index (χ0) is 9.84. The van der Waals surface area contributed by atoms with Crippen LogP contribution in [0, 0.1) is 11.8 Å². The molecule has 1 fully saturated rings. The highest BCUT2D eigenvalue weighted by molar-refractivity contribution is 4.84. The first kappa shape index (κ1) is 11.0. The van der Waals surface area contributed by atoms with Crippen molar-refractivity contribution in [2.75, 3.05) is 19.8 Å². The van der Waals surface area contributed by atoms with E-state index in [1.54, 1.807) is 0 Å². The molecule has 3 nitrogen and oxygen atoms in total. The van der Waals surface area contributed by atoms with Crippen LogP contribution in [0.3, 0.4) is 0 Å². The van der Waals surface area contributed by atoms with E-state index in [1.165, 1.54) is 0 Å². The highest BCUT2D eigenvalue weighted by Crippen LogP contribution is 2.29. The van der Waals surface area contributed by atoms with Gasteiger partial charge in [-0.25, -0.2) is 0 Å². The van der Waals surface area contributed by atoms with Crippen molar-refractivity contribution in [2.45, 2.75) is 33.0 Å². The van der Waals surface area contributed by atoms with Crippen LogP contribution in [0.5, 0.6) is 0 Å². The molecule has 1 heterocycles. The van der Waals surface area contributed by atoms with E-state index in [-0.39, 0.29) is 18.8 Å². The van der Waals surface area contributed by atoms with Gasteiger partial charge in [-0.2, -0.15) is 0 Å². The molecule has 1 saturated heterocycles. The molecule has 4 unspecified atom stereocenters. The van der Waals surface area contributed by atoms with Crippen LogP contribution >= 0.6 is 0 Å². The number of ether oxygens (including phenoxy) is 2. The number of hydrogen-bond acceptors (Lipinski definition) is 3. The summed E-state index contributed by atoms with van der Waals surface area (Å²) >= 11 is 0. The molecule has 0 aromatic rings. The quantitative estimate of drug-likeness (QED) is 0.717. The lowest BCUT2D eigenvalue weighted by molar-refractivity contribution is -0.0780. The van der Waals surface area contributed by atoms with Crippen molar-refractivity contribution >= 4 is 0 Å². The van der Waals surface area contributed by atoms with Crippen molar-refractivity contribution < 1.29 is 14.6 Å². The van der Waals surface area contributed by atoms with E-state index < -0.39 is 0 Å². The fourth-order valence-electron chi connectivity index (χ4n) is 1.80. The molecular weight excluding hydrogens is 168 g/mol. The number of aliphatic hydroxyl groups is 1. The zero-order valence-corrected chi connectivity index (χ0v) is 8.69. The summed E-state index contributed by atoms with van der Waals surface area (Å²) in [7, 11) is 0. The van der Waals surface area contributed by atoms with Gasteiger partial charge < -0.3 is 14.6 Å². The first-order chi connectivity index (χ1) is 6.20. The molecule has 0 aromatic carbocycles. The molecule has 0 radical (unpaired) electrons. The molecule has 0 spiro atoms. The summed E-state index contributed by atoms with van der Waals surface area (Å²) < 4.78 is 11.0. The molecule has 1 aliphatic heterocycles. The van der Waals surface area contributed by atoms with Gasteiger partial charge in [-0.3, -0.25) is 0 Å². The standard InChI is InChI=1S/C10H20O3/c1-4-12-9(5-11)10-8(3)7(2)6-13-10/h7-11H,4-6H2,1-3H3. The van der Waals surface area contributed by atoms with Crippen LogP contribution in [0.4, 0.5) is 0 Å². The molecule has 1 N–H and O–H groups in total. The average molecular weight is 188 g/mol. The molecule has 1 aliphatic rings. The van der Waals surface area contributed by atoms with E-state index in [0.29, 0.717) is 18.4 Å². The van der Waals surface area contributed by atoms with Gasteiger partial charge in [0.15, 0.2) is 0 Å². The number of aliphatic hydroxyl groups excluding tert-OH is 1. The van der Waals surface area contributed by atoms with Crippen molar-refractivity contribution in [1.82, 2.24) is 0 Å². The van der Waals surface area contributed by atoms with Crippen molar-refractivity contribution in [3.05, 3.63) is 0 Å². The van der Waals surface area contributed by atoms with Gasteiger partial charge in [0.2, 0.25) is 0 Å². The smallest absolute Gasteiger partial charge is 0.107 e. The normalized spacial score (nSPS) is 36.5. The van der Waals surface area contributed by atoms with E-state index in [1.807, 2.05) is 6.92 Å². The van der Waals surface area contributed by atoms with Crippen LogP contribution in [-0.2, 0) is 9.47 Å². The predicted octanol–water partition coefficient (Wildman–Crippen LogP) is 1.05. The van der Waals surface area contributed by atoms with Gasteiger partial charge in [0.1, 0.15) is 6.10 Å². The first-order valence-corrected chi connectivity index (χ1v) is 5.04. The van der Waals surface area contributed by atoms with Gasteiger partial charge in [-0.05, 0) is 18.8 Å². The Labute approximate surface area is 80.0 Å². The number of rotatable bonds is 4. The maximum Gasteiger partial charge on any atom is 0.107 e. The van der Waals surface area contributed by atoms with Crippen LogP contribution in [0.1, 0.15) is 20.8 Å². The number of hydrogen-bond donors (Lipinski definition) is 1. The monoisotopic (exact) mass is 188 g/mol. The minimum atomic E-state index is -0.148. The lowest BCUT2D eigenvalue weighted by Crippen LogP contribution is -2.36. The Balaban J connectivity index is 2.49. The van der Waals surface area contributed by atoms with E-state index in [4.69, 9.17) is 14.6 Å². The maximum absolute atomic E-state index is 9.12. The molecule has 78 valence electrons. The average Bonchev–Trinajstić information content (AvgIpc) is 2.45. The molecule has 0 aliphatic carbocycles. The third-order valence-corrected chi connectivity index (χ3v) is 2.89. The summed E-state index contributed by atoms with van der Waals surface area (Å²) in [6.45, 7) is 7.73. The Hall–Kier alpha value is -0.120. The molecule has 0 bridgehead atoms. The second-order valence-corrected chi connectivity index (χ2v) is 3.81. The highest BCUT2D eigenvalue weighted by Gasteiger charge is 2.36. The van der Waals surface area contributed by atoms with Crippen LogP contribution in [0.25, 0.3) is 0 Å². The third kappa shape index (κ3) is 2.42. The first-order valence-electron chi connectivity index (χ1n) is 5.04. The second kappa shape index (κ2) is 4.94. The van der Waals surface area contributed by atoms with Crippen LogP contribution in [0.2, 0.25) is 0 Å². The van der Waals surface area contributed by atoms with Crippen LogP contribution < -0.4 is 0 Å². The summed E-state index contributed by atoms with van der Waals surface area (Å²) in [5.74, 6) is 1.04. The van der Waals surface area contributed by atoms with Gasteiger partial charge in [0, 0.05) is 13.2 Å². The van der Waals surface area contributed by atoms with Crippen molar-refractivity contribution in [2.24, 2.45) is 11.8 Å². The minimum absolute atomic E-state index is 0.0512. The third-order valence-electron chi connectivity index (χ3n) is 2.89. The van der Waals surface area contributed by atoms with Crippen LogP contribution in [0.15, 0.2) is 0 Å². The Kier molecular flexibility index (Phi) is 4.16. The van der Waals surface area contributed by atoms with E-state index in [9.17, 15) is 0 Å². The van der Waals surface area contributed by atoms with E-state index in [2.05, 4.69) is 13.8 Å². The molecule has 0 saturated carbocycles. The summed E-state index contributed by atoms with van der Waals surface area (Å²) in [4.78, 5) is 0. The van der Waals surface area contributed by atoms with Gasteiger partial charge in [0.05, 0.1) is 12.7 Å². The molecular formula is C10H20O3. The lowest BCUT2D eigenvalue weighted by Gasteiger charge is -2.24. The minimum Gasteiger partial charge on any atom is -0.394 e. The topological polar surface area (TPSA) is 38.7 Å². The fourth-order valence-corrected chi connectivity index (χ4v) is 1.80. The van der Waals surface area contributed by atoms with Crippen molar-refractivity contribution in [1.29, 1.82) is 0 Å². The predicted molar refractivity (Wildman–Crippen MR) is 50.6 cm³/mol. The molecule has 1 rings (SSSR count). The van der Waals surface area contributed by atoms with Crippen molar-refractivity contribution in [3.8, 4) is 0 Å².